The Balaban J connectivity index is 1.97. The molecule has 0 aliphatic heterocycles. The first-order valence-electron chi connectivity index (χ1n) is 11.0. The second kappa shape index (κ2) is 10.2. The molecule has 1 heterocycles. The van der Waals surface area contributed by atoms with Crippen LogP contribution in [0.15, 0.2) is 30.3 Å². The van der Waals surface area contributed by atoms with Gasteiger partial charge in [-0.25, -0.2) is 9.97 Å². The standard InChI is InChI=1S/C25H34N4O4/c1-15(18-9-17(10-19(26)11-18)14-25(3,4)30)27-24-20-12-23(33-8-7-31-5)22(32-6)13-21(20)28-16(2)29-24/h9-13,15,30H,7-8,14,26H2,1-6H3,(H,27,28,29)/t15-/m1/s1. The lowest BCUT2D eigenvalue weighted by molar-refractivity contribution is 0.0810. The van der Waals surface area contributed by atoms with E-state index in [-0.39, 0.29) is 6.04 Å². The smallest absolute Gasteiger partial charge is 0.162 e. The number of nitrogens with zero attached hydrogens (tertiary/aromatic N) is 2. The second-order valence-electron chi connectivity index (χ2n) is 8.84. The number of fused-ring (bicyclic) bond motifs is 1. The Kier molecular flexibility index (Phi) is 7.61. The van der Waals surface area contributed by atoms with E-state index in [0.29, 0.717) is 48.5 Å². The van der Waals surface area contributed by atoms with Crippen molar-refractivity contribution < 1.29 is 19.3 Å². The Morgan fingerprint density at radius 3 is 2.48 bits per heavy atom. The summed E-state index contributed by atoms with van der Waals surface area (Å²) in [6.45, 7) is 8.34. The summed E-state index contributed by atoms with van der Waals surface area (Å²) in [4.78, 5) is 9.22. The lowest BCUT2D eigenvalue weighted by Crippen LogP contribution is -2.22. The summed E-state index contributed by atoms with van der Waals surface area (Å²) in [6, 6.07) is 9.54. The van der Waals surface area contributed by atoms with Crippen molar-refractivity contribution in [1.82, 2.24) is 9.97 Å². The van der Waals surface area contributed by atoms with E-state index in [1.54, 1.807) is 28.1 Å². The topological polar surface area (TPSA) is 112 Å². The van der Waals surface area contributed by atoms with Crippen molar-refractivity contribution in [2.75, 3.05) is 38.5 Å². The number of rotatable bonds is 10. The maximum absolute atomic E-state index is 10.2. The minimum absolute atomic E-state index is 0.0912. The molecule has 3 rings (SSSR count). The molecule has 0 fully saturated rings. The molecular weight excluding hydrogens is 420 g/mol. The minimum atomic E-state index is -0.819. The fourth-order valence-electron chi connectivity index (χ4n) is 3.76. The van der Waals surface area contributed by atoms with Crippen molar-refractivity contribution in [3.63, 3.8) is 0 Å². The summed E-state index contributed by atoms with van der Waals surface area (Å²) >= 11 is 0. The molecule has 0 aliphatic carbocycles. The molecule has 1 atom stereocenters. The molecular formula is C25H34N4O4. The van der Waals surface area contributed by atoms with Crippen molar-refractivity contribution in [3.8, 4) is 11.5 Å². The number of ether oxygens (including phenoxy) is 3. The number of benzene rings is 2. The van der Waals surface area contributed by atoms with Gasteiger partial charge in [0.05, 0.1) is 30.9 Å². The predicted octanol–water partition coefficient (Wildman–Crippen LogP) is 4.04. The fourth-order valence-corrected chi connectivity index (χ4v) is 3.76. The number of nitrogens with two attached hydrogens (primary N) is 1. The Labute approximate surface area is 195 Å². The molecule has 4 N–H and O–H groups in total. The number of aromatic nitrogens is 2. The first-order chi connectivity index (χ1) is 15.6. The predicted molar refractivity (Wildman–Crippen MR) is 131 cm³/mol. The van der Waals surface area contributed by atoms with Crippen molar-refractivity contribution in [3.05, 3.63) is 47.3 Å². The third kappa shape index (κ3) is 6.46. The number of nitrogens with one attached hydrogen (secondary N) is 1. The van der Waals surface area contributed by atoms with Gasteiger partial charge in [-0.05, 0) is 57.0 Å². The number of nitrogen functional groups attached to an aromatic ring is 1. The zero-order chi connectivity index (χ0) is 24.2. The van der Waals surface area contributed by atoms with Crippen LogP contribution >= 0.6 is 0 Å². The number of hydrogen-bond donors (Lipinski definition) is 3. The highest BCUT2D eigenvalue weighted by Gasteiger charge is 2.18. The van der Waals surface area contributed by atoms with E-state index in [9.17, 15) is 5.11 Å². The van der Waals surface area contributed by atoms with Crippen molar-refractivity contribution >= 4 is 22.4 Å². The number of methoxy groups -OCH3 is 2. The maximum Gasteiger partial charge on any atom is 0.162 e. The quantitative estimate of drug-likeness (QED) is 0.311. The van der Waals surface area contributed by atoms with Gasteiger partial charge in [-0.1, -0.05) is 6.07 Å². The molecule has 0 saturated heterocycles. The first-order valence-corrected chi connectivity index (χ1v) is 11.0. The van der Waals surface area contributed by atoms with Gasteiger partial charge >= 0.3 is 0 Å². The van der Waals surface area contributed by atoms with Crippen LogP contribution in [0.1, 0.15) is 43.8 Å². The molecule has 0 bridgehead atoms. The van der Waals surface area contributed by atoms with Crippen LogP contribution in [0.2, 0.25) is 0 Å². The third-order valence-corrected chi connectivity index (χ3v) is 5.17. The highest BCUT2D eigenvalue weighted by atomic mass is 16.5. The Morgan fingerprint density at radius 2 is 1.82 bits per heavy atom. The van der Waals surface area contributed by atoms with Gasteiger partial charge in [-0.15, -0.1) is 0 Å². The fraction of sp³-hybridized carbons (Fsp3) is 0.440. The van der Waals surface area contributed by atoms with Gasteiger partial charge in [0.15, 0.2) is 11.5 Å². The largest absolute Gasteiger partial charge is 0.493 e. The number of aryl methyl sites for hydroxylation is 1. The van der Waals surface area contributed by atoms with Crippen LogP contribution in [-0.2, 0) is 11.2 Å². The molecule has 0 saturated carbocycles. The molecule has 3 aromatic rings. The summed E-state index contributed by atoms with van der Waals surface area (Å²) in [7, 11) is 3.23. The summed E-state index contributed by atoms with van der Waals surface area (Å²) in [5, 5.41) is 14.5. The number of anilines is 2. The van der Waals surface area contributed by atoms with E-state index in [1.165, 1.54) is 0 Å². The van der Waals surface area contributed by atoms with E-state index >= 15 is 0 Å². The molecule has 1 aromatic heterocycles. The number of hydrogen-bond acceptors (Lipinski definition) is 8. The Morgan fingerprint density at radius 1 is 1.06 bits per heavy atom. The lowest BCUT2D eigenvalue weighted by Gasteiger charge is -2.21. The van der Waals surface area contributed by atoms with Gasteiger partial charge in [-0.3, -0.25) is 0 Å². The van der Waals surface area contributed by atoms with E-state index in [2.05, 4.69) is 21.4 Å². The zero-order valence-electron chi connectivity index (χ0n) is 20.2. The zero-order valence-corrected chi connectivity index (χ0v) is 20.2. The number of aliphatic hydroxyl groups is 1. The molecule has 178 valence electrons. The van der Waals surface area contributed by atoms with Crippen LogP contribution in [0.5, 0.6) is 11.5 Å². The van der Waals surface area contributed by atoms with Crippen LogP contribution in [0, 0.1) is 6.92 Å². The van der Waals surface area contributed by atoms with Crippen molar-refractivity contribution in [1.29, 1.82) is 0 Å². The second-order valence-corrected chi connectivity index (χ2v) is 8.84. The van der Waals surface area contributed by atoms with Gasteiger partial charge in [-0.2, -0.15) is 0 Å². The SMILES string of the molecule is COCCOc1cc2c(N[C@H](C)c3cc(N)cc(CC(C)(C)O)c3)nc(C)nc2cc1OC. The van der Waals surface area contributed by atoms with E-state index in [4.69, 9.17) is 19.9 Å². The highest BCUT2D eigenvalue weighted by molar-refractivity contribution is 5.92. The van der Waals surface area contributed by atoms with Crippen LogP contribution in [-0.4, -0.2) is 48.1 Å². The van der Waals surface area contributed by atoms with Crippen molar-refractivity contribution in [2.24, 2.45) is 0 Å². The Hall–Kier alpha value is -3.10. The summed E-state index contributed by atoms with van der Waals surface area (Å²) in [5.74, 6) is 2.53. The van der Waals surface area contributed by atoms with Gasteiger partial charge in [0.2, 0.25) is 0 Å². The van der Waals surface area contributed by atoms with E-state index in [1.807, 2.05) is 38.1 Å². The molecule has 0 radical (unpaired) electrons. The molecule has 8 heteroatoms. The monoisotopic (exact) mass is 454 g/mol. The van der Waals surface area contributed by atoms with Gasteiger partial charge < -0.3 is 30.4 Å². The Bertz CT molecular complexity index is 1110. The third-order valence-electron chi connectivity index (χ3n) is 5.17. The molecule has 0 unspecified atom stereocenters. The molecule has 8 nitrogen and oxygen atoms in total. The molecule has 2 aromatic carbocycles. The summed E-state index contributed by atoms with van der Waals surface area (Å²) in [6.07, 6.45) is 0.509. The minimum Gasteiger partial charge on any atom is -0.493 e. The molecule has 33 heavy (non-hydrogen) atoms. The van der Waals surface area contributed by atoms with Crippen LogP contribution in [0.25, 0.3) is 10.9 Å². The highest BCUT2D eigenvalue weighted by Crippen LogP contribution is 2.35. The van der Waals surface area contributed by atoms with E-state index in [0.717, 1.165) is 22.0 Å². The van der Waals surface area contributed by atoms with Crippen molar-refractivity contribution in [2.45, 2.75) is 45.8 Å². The van der Waals surface area contributed by atoms with Crippen LogP contribution in [0.4, 0.5) is 11.5 Å². The first kappa shape index (κ1) is 24.5. The van der Waals surface area contributed by atoms with E-state index < -0.39 is 5.60 Å². The van der Waals surface area contributed by atoms with Gasteiger partial charge in [0.1, 0.15) is 18.2 Å². The van der Waals surface area contributed by atoms with Crippen LogP contribution in [0.3, 0.4) is 0 Å². The average molecular weight is 455 g/mol. The molecule has 0 spiro atoms. The summed E-state index contributed by atoms with van der Waals surface area (Å²) < 4.78 is 16.4. The average Bonchev–Trinajstić information content (AvgIpc) is 2.72. The maximum atomic E-state index is 10.2. The summed E-state index contributed by atoms with van der Waals surface area (Å²) in [5.41, 5.74) is 8.73. The van der Waals surface area contributed by atoms with Crippen LogP contribution < -0.4 is 20.5 Å². The molecule has 0 amide bonds. The lowest BCUT2D eigenvalue weighted by atomic mass is 9.95. The van der Waals surface area contributed by atoms with Gasteiger partial charge in [0, 0.05) is 30.7 Å². The van der Waals surface area contributed by atoms with Gasteiger partial charge in [0.25, 0.3) is 0 Å². The normalized spacial score (nSPS) is 12.6. The molecule has 0 aliphatic rings.